The lowest BCUT2D eigenvalue weighted by atomic mass is 9.44. The second-order valence-corrected chi connectivity index (χ2v) is 7.10. The molecule has 3 nitrogen and oxygen atoms in total. The number of nitrogens with two attached hydrogens (primary N) is 1. The van der Waals surface area contributed by atoms with Crippen molar-refractivity contribution in [2.45, 2.75) is 58.4 Å². The number of allylic oxidation sites excluding steroid dienone is 2. The highest BCUT2D eigenvalue weighted by Gasteiger charge is 2.56. The third kappa shape index (κ3) is 3.08. The van der Waals surface area contributed by atoms with Gasteiger partial charge in [0.25, 0.3) is 0 Å². The van der Waals surface area contributed by atoms with Crippen molar-refractivity contribution < 1.29 is 9.53 Å². The Labute approximate surface area is 122 Å². The molecule has 3 aliphatic rings. The van der Waals surface area contributed by atoms with E-state index in [1.54, 1.807) is 0 Å². The molecule has 0 aliphatic heterocycles. The minimum Gasteiger partial charge on any atom is -0.469 e. The van der Waals surface area contributed by atoms with Gasteiger partial charge in [-0.15, -0.1) is 0 Å². The van der Waals surface area contributed by atoms with Crippen molar-refractivity contribution in [2.24, 2.45) is 28.9 Å². The Morgan fingerprint density at radius 3 is 2.75 bits per heavy atom. The first kappa shape index (κ1) is 15.6. The summed E-state index contributed by atoms with van der Waals surface area (Å²) in [5.41, 5.74) is 6.82. The summed E-state index contributed by atoms with van der Waals surface area (Å²) in [4.78, 5) is 11.0. The van der Waals surface area contributed by atoms with Gasteiger partial charge < -0.3 is 10.5 Å². The molecule has 2 bridgehead atoms. The molecule has 0 aromatic carbocycles. The second kappa shape index (κ2) is 6.30. The molecule has 0 spiro atoms. The molecule has 0 aromatic rings. The molecule has 0 saturated heterocycles. The Morgan fingerprint density at radius 2 is 2.10 bits per heavy atom. The van der Waals surface area contributed by atoms with Crippen LogP contribution in [0.25, 0.3) is 0 Å². The third-order valence-electron chi connectivity index (χ3n) is 5.72. The summed E-state index contributed by atoms with van der Waals surface area (Å²) in [6, 6.07) is 0.381. The van der Waals surface area contributed by atoms with Crippen LogP contribution in [0.5, 0.6) is 0 Å². The van der Waals surface area contributed by atoms with Crippen molar-refractivity contribution in [1.29, 1.82) is 0 Å². The van der Waals surface area contributed by atoms with Crippen LogP contribution in [0.4, 0.5) is 0 Å². The Hall–Kier alpha value is -0.830. The Kier molecular flexibility index (Phi) is 4.90. The largest absolute Gasteiger partial charge is 0.469 e. The smallest absolute Gasteiger partial charge is 0.305 e. The fourth-order valence-corrected chi connectivity index (χ4v) is 4.16. The molecule has 0 aromatic heterocycles. The van der Waals surface area contributed by atoms with Crippen molar-refractivity contribution in [2.75, 3.05) is 7.11 Å². The molecule has 2 N–H and O–H groups in total. The van der Waals surface area contributed by atoms with E-state index in [1.165, 1.54) is 20.0 Å². The lowest BCUT2D eigenvalue weighted by Gasteiger charge is -2.62. The minimum absolute atomic E-state index is 0.116. The lowest BCUT2D eigenvalue weighted by Crippen LogP contribution is -2.59. The van der Waals surface area contributed by atoms with Gasteiger partial charge in [0.15, 0.2) is 0 Å². The van der Waals surface area contributed by atoms with Crippen molar-refractivity contribution in [3.8, 4) is 0 Å². The highest BCUT2D eigenvalue weighted by Crippen LogP contribution is 2.61. The summed E-state index contributed by atoms with van der Waals surface area (Å²) < 4.78 is 4.63. The van der Waals surface area contributed by atoms with Crippen LogP contribution in [-0.2, 0) is 9.53 Å². The predicted molar refractivity (Wildman–Crippen MR) is 81.1 cm³/mol. The van der Waals surface area contributed by atoms with E-state index in [4.69, 9.17) is 5.73 Å². The summed E-state index contributed by atoms with van der Waals surface area (Å²) in [6.45, 7) is 4.82. The number of methoxy groups -OCH3 is 1. The van der Waals surface area contributed by atoms with E-state index in [2.05, 4.69) is 30.7 Å². The number of esters is 1. The fourth-order valence-electron chi connectivity index (χ4n) is 4.16. The van der Waals surface area contributed by atoms with Crippen molar-refractivity contribution in [3.05, 3.63) is 12.2 Å². The number of fused-ring (bicyclic) bond motifs is 2. The van der Waals surface area contributed by atoms with Gasteiger partial charge in [0.1, 0.15) is 0 Å². The van der Waals surface area contributed by atoms with Gasteiger partial charge in [-0.2, -0.15) is 0 Å². The van der Waals surface area contributed by atoms with Gasteiger partial charge in [-0.25, -0.2) is 0 Å². The molecule has 0 heterocycles. The van der Waals surface area contributed by atoms with E-state index in [0.29, 0.717) is 23.8 Å². The van der Waals surface area contributed by atoms with Crippen molar-refractivity contribution >= 4 is 5.97 Å². The van der Waals surface area contributed by atoms with Crippen LogP contribution in [0.3, 0.4) is 0 Å². The molecule has 0 radical (unpaired) electrons. The average molecular weight is 279 g/mol. The number of carbonyl (C=O) groups excluding carboxylic acids is 1. The maximum atomic E-state index is 11.0. The number of ether oxygens (including phenoxy) is 1. The standard InChI is InChI=1S/C17H29NO2/c1-17(2)12-10-14(17)13(15(18)11-12)8-6-4-5-7-9-16(19)20-3/h4,6,12-15H,5,7-11,18H2,1-3H3/b6-4-/t12?,13-,14?,15-/m0/s1. The SMILES string of the molecule is COC(=O)CCC/C=C\C[C@H]1C2CC(C[C@@H]1N)C2(C)C. The van der Waals surface area contributed by atoms with Crippen molar-refractivity contribution in [3.63, 3.8) is 0 Å². The van der Waals surface area contributed by atoms with Gasteiger partial charge in [0.05, 0.1) is 7.11 Å². The molecule has 4 atom stereocenters. The zero-order chi connectivity index (χ0) is 14.8. The molecule has 3 fully saturated rings. The molecule has 0 amide bonds. The number of hydrogen-bond donors (Lipinski definition) is 1. The number of carbonyl (C=O) groups is 1. The summed E-state index contributed by atoms with van der Waals surface area (Å²) in [5.74, 6) is 2.18. The van der Waals surface area contributed by atoms with Gasteiger partial charge in [-0.1, -0.05) is 26.0 Å². The van der Waals surface area contributed by atoms with E-state index in [9.17, 15) is 4.79 Å². The molecule has 3 heteroatoms. The van der Waals surface area contributed by atoms with Crippen LogP contribution in [0.1, 0.15) is 52.4 Å². The van der Waals surface area contributed by atoms with Crippen LogP contribution in [-0.4, -0.2) is 19.1 Å². The topological polar surface area (TPSA) is 52.3 Å². The van der Waals surface area contributed by atoms with Gasteiger partial charge in [0, 0.05) is 12.5 Å². The maximum absolute atomic E-state index is 11.0. The van der Waals surface area contributed by atoms with Crippen LogP contribution in [0.15, 0.2) is 12.2 Å². The molecule has 3 rings (SSSR count). The zero-order valence-corrected chi connectivity index (χ0v) is 13.1. The van der Waals surface area contributed by atoms with Gasteiger partial charge in [0.2, 0.25) is 0 Å². The number of rotatable bonds is 6. The number of hydrogen-bond acceptors (Lipinski definition) is 3. The lowest BCUT2D eigenvalue weighted by molar-refractivity contribution is -0.140. The summed E-state index contributed by atoms with van der Waals surface area (Å²) in [7, 11) is 1.44. The molecule has 3 saturated carbocycles. The van der Waals surface area contributed by atoms with E-state index in [1.807, 2.05) is 0 Å². The molecular formula is C17H29NO2. The minimum atomic E-state index is -0.116. The zero-order valence-electron chi connectivity index (χ0n) is 13.1. The van der Waals surface area contributed by atoms with E-state index >= 15 is 0 Å². The molecule has 20 heavy (non-hydrogen) atoms. The quantitative estimate of drug-likeness (QED) is 0.461. The highest BCUT2D eigenvalue weighted by atomic mass is 16.5. The second-order valence-electron chi connectivity index (χ2n) is 7.10. The Balaban J connectivity index is 1.72. The van der Waals surface area contributed by atoms with E-state index < -0.39 is 0 Å². The average Bonchev–Trinajstić information content (AvgIpc) is 2.43. The number of unbranched alkanes of at least 4 members (excludes halogenated alkanes) is 1. The van der Waals surface area contributed by atoms with Gasteiger partial charge >= 0.3 is 5.97 Å². The molecule has 3 aliphatic carbocycles. The fraction of sp³-hybridized carbons (Fsp3) is 0.824. The summed E-state index contributed by atoms with van der Waals surface area (Å²) in [5, 5.41) is 0. The van der Waals surface area contributed by atoms with E-state index in [-0.39, 0.29) is 5.97 Å². The summed E-state index contributed by atoms with van der Waals surface area (Å²) >= 11 is 0. The molecule has 114 valence electrons. The summed E-state index contributed by atoms with van der Waals surface area (Å²) in [6.07, 6.45) is 10.5. The molecular weight excluding hydrogens is 250 g/mol. The first-order valence-corrected chi connectivity index (χ1v) is 7.94. The van der Waals surface area contributed by atoms with Crippen LogP contribution < -0.4 is 5.73 Å². The first-order chi connectivity index (χ1) is 9.46. The monoisotopic (exact) mass is 279 g/mol. The van der Waals surface area contributed by atoms with Crippen LogP contribution in [0.2, 0.25) is 0 Å². The maximum Gasteiger partial charge on any atom is 0.305 e. The Bertz CT molecular complexity index is 375. The molecule has 2 unspecified atom stereocenters. The Morgan fingerprint density at radius 1 is 1.35 bits per heavy atom. The van der Waals surface area contributed by atoms with Crippen LogP contribution in [0, 0.1) is 23.2 Å². The van der Waals surface area contributed by atoms with Gasteiger partial charge in [-0.3, -0.25) is 4.79 Å². The first-order valence-electron chi connectivity index (χ1n) is 7.94. The highest BCUT2D eigenvalue weighted by molar-refractivity contribution is 5.69. The third-order valence-corrected chi connectivity index (χ3v) is 5.72. The van der Waals surface area contributed by atoms with E-state index in [0.717, 1.165) is 31.1 Å². The van der Waals surface area contributed by atoms with Crippen molar-refractivity contribution in [1.82, 2.24) is 0 Å². The predicted octanol–water partition coefficient (Wildman–Crippen LogP) is 3.29. The normalized spacial score (nSPS) is 34.8. The van der Waals surface area contributed by atoms with Crippen LogP contribution >= 0.6 is 0 Å². The van der Waals surface area contributed by atoms with Gasteiger partial charge in [-0.05, 0) is 55.3 Å².